The van der Waals surface area contributed by atoms with Crippen LogP contribution in [0.4, 0.5) is 34.1 Å². The Labute approximate surface area is 417 Å². The summed E-state index contributed by atoms with van der Waals surface area (Å²) in [5.74, 6) is 0. The molecule has 0 saturated heterocycles. The minimum atomic E-state index is -1.19. The van der Waals surface area contributed by atoms with Gasteiger partial charge < -0.3 is 9.80 Å². The van der Waals surface area contributed by atoms with Crippen LogP contribution >= 0.6 is 0 Å². The normalized spacial score (nSPS) is 12.9. The van der Waals surface area contributed by atoms with Gasteiger partial charge in [0.2, 0.25) is 0 Å². The molecule has 0 aliphatic heterocycles. The Morgan fingerprint density at radius 3 is 1.12 bits per heavy atom. The zero-order valence-electron chi connectivity index (χ0n) is 45.7. The van der Waals surface area contributed by atoms with Crippen LogP contribution < -0.4 is 20.2 Å². The van der Waals surface area contributed by atoms with Crippen LogP contribution in [0.15, 0.2) is 109 Å². The minimum Gasteiger partial charge on any atom is -0.309 e. The molecule has 0 radical (unpaired) electrons. The molecule has 0 aromatic heterocycles. The van der Waals surface area contributed by atoms with E-state index in [9.17, 15) is 0 Å². The molecular weight excluding hydrogens is 853 g/mol. The third kappa shape index (κ3) is 10.6. The fraction of sp³-hybridized carbons (Fsp3) is 0.406. The van der Waals surface area contributed by atoms with E-state index in [2.05, 4.69) is 251 Å². The minimum absolute atomic E-state index is 0.0473. The van der Waals surface area contributed by atoms with Gasteiger partial charge in [0.1, 0.15) is 0 Å². The fourth-order valence-electron chi connectivity index (χ4n) is 10.2. The molecule has 0 saturated carbocycles. The summed E-state index contributed by atoms with van der Waals surface area (Å²) in [5.41, 5.74) is 17.8. The van der Waals surface area contributed by atoms with Crippen molar-refractivity contribution < 1.29 is 0 Å². The van der Waals surface area contributed by atoms with E-state index in [1.165, 1.54) is 123 Å². The van der Waals surface area contributed by atoms with Crippen molar-refractivity contribution in [1.29, 1.82) is 0 Å². The molecule has 4 heteroatoms. The lowest BCUT2D eigenvalue weighted by atomic mass is 9.80. The molecule has 68 heavy (non-hydrogen) atoms. The molecule has 7 rings (SSSR count). The summed E-state index contributed by atoms with van der Waals surface area (Å²) in [5, 5.41) is 8.12. The summed E-state index contributed by atoms with van der Waals surface area (Å²) in [6.45, 7) is 44.7. The predicted molar refractivity (Wildman–Crippen MR) is 311 cm³/mol. The monoisotopic (exact) mass is 937 g/mol. The number of rotatable bonds is 11. The lowest BCUT2D eigenvalue weighted by molar-refractivity contribution is 0.568. The summed E-state index contributed by atoms with van der Waals surface area (Å²) < 4.78 is 0. The van der Waals surface area contributed by atoms with Crippen molar-refractivity contribution in [2.24, 2.45) is 0 Å². The smallest absolute Gasteiger partial charge is 0.0704 e. The molecule has 7 aromatic carbocycles. The quantitative estimate of drug-likeness (QED) is 0.0724. The van der Waals surface area contributed by atoms with Crippen LogP contribution in [0.25, 0.3) is 21.5 Å². The fourth-order valence-corrected chi connectivity index (χ4v) is 14.1. The standard InChI is InChI=1S/C64H84N2Si2/c1-20-67-53-29-43(6)27-49(39-53)65(51-35-45(61(8,9)10)33-46(36-51)62(11,12)13)59-55-25-23-42(5)32-58(55)60(56-26-24-41(4)31-57(56)59)66(50-28-44(7)30-54(40-50)68(21-2)22-3)52-37-47(63(14,15)16)34-48(38-52)64(17,18)19/h23-40,68H,20-22,67H2,1-19H3. The van der Waals surface area contributed by atoms with Crippen LogP contribution in [0.3, 0.4) is 0 Å². The van der Waals surface area contributed by atoms with E-state index in [0.29, 0.717) is 0 Å². The van der Waals surface area contributed by atoms with Crippen LogP contribution in [0.5, 0.6) is 0 Å². The molecule has 0 amide bonds. The average Bonchev–Trinajstić information content (AvgIpc) is 3.23. The molecular formula is C64H84N2Si2. The Bertz CT molecular complexity index is 2910. The molecule has 0 fully saturated rings. The van der Waals surface area contributed by atoms with Crippen molar-refractivity contribution in [2.45, 2.75) is 171 Å². The zero-order chi connectivity index (χ0) is 49.8. The van der Waals surface area contributed by atoms with Gasteiger partial charge >= 0.3 is 0 Å². The summed E-state index contributed by atoms with van der Waals surface area (Å²) in [6.07, 6.45) is 0. The van der Waals surface area contributed by atoms with Gasteiger partial charge in [0, 0.05) is 44.3 Å². The van der Waals surface area contributed by atoms with E-state index in [4.69, 9.17) is 0 Å². The van der Waals surface area contributed by atoms with Crippen molar-refractivity contribution in [3.8, 4) is 0 Å². The number of fused-ring (bicyclic) bond motifs is 2. The van der Waals surface area contributed by atoms with Crippen LogP contribution in [0, 0.1) is 27.7 Å². The van der Waals surface area contributed by atoms with Crippen molar-refractivity contribution in [3.63, 3.8) is 0 Å². The van der Waals surface area contributed by atoms with Gasteiger partial charge in [0.05, 0.1) is 29.7 Å². The molecule has 0 unspecified atom stereocenters. The van der Waals surface area contributed by atoms with Crippen molar-refractivity contribution in [1.82, 2.24) is 0 Å². The van der Waals surface area contributed by atoms with Crippen molar-refractivity contribution in [2.75, 3.05) is 9.80 Å². The van der Waals surface area contributed by atoms with Gasteiger partial charge in [-0.2, -0.15) is 0 Å². The third-order valence-corrected chi connectivity index (χ3v) is 19.1. The molecule has 7 aromatic rings. The molecule has 0 spiro atoms. The number of benzene rings is 7. The number of nitrogens with zero attached hydrogens (tertiary/aromatic N) is 2. The van der Waals surface area contributed by atoms with Crippen LogP contribution in [-0.4, -0.2) is 18.3 Å². The Morgan fingerprint density at radius 2 is 0.750 bits per heavy atom. The lowest BCUT2D eigenvalue weighted by Crippen LogP contribution is -2.29. The first-order valence-electron chi connectivity index (χ1n) is 25.8. The molecule has 0 atom stereocenters. The molecule has 0 N–H and O–H groups in total. The predicted octanol–water partition coefficient (Wildman–Crippen LogP) is 17.1. The number of aryl methyl sites for hydroxylation is 4. The summed E-state index contributed by atoms with van der Waals surface area (Å²) in [6, 6.07) is 48.2. The largest absolute Gasteiger partial charge is 0.309 e. The third-order valence-electron chi connectivity index (χ3n) is 14.4. The first-order valence-corrected chi connectivity index (χ1v) is 29.7. The molecule has 0 aliphatic rings. The Kier molecular flexibility index (Phi) is 14.3. The second-order valence-electron chi connectivity index (χ2n) is 24.5. The van der Waals surface area contributed by atoms with Crippen molar-refractivity contribution in [3.05, 3.63) is 154 Å². The molecule has 0 aliphatic carbocycles. The van der Waals surface area contributed by atoms with Gasteiger partial charge in [-0.15, -0.1) is 0 Å². The van der Waals surface area contributed by atoms with Gasteiger partial charge in [0.15, 0.2) is 0 Å². The van der Waals surface area contributed by atoms with Crippen LogP contribution in [0.2, 0.25) is 18.1 Å². The average molecular weight is 938 g/mol. The summed E-state index contributed by atoms with van der Waals surface area (Å²) in [7, 11) is -1.63. The summed E-state index contributed by atoms with van der Waals surface area (Å²) >= 11 is 0. The topological polar surface area (TPSA) is 6.48 Å². The molecule has 0 heterocycles. The van der Waals surface area contributed by atoms with Gasteiger partial charge in [-0.3, -0.25) is 0 Å². The maximum Gasteiger partial charge on any atom is 0.0704 e. The molecule has 358 valence electrons. The first-order chi connectivity index (χ1) is 31.7. The maximum atomic E-state index is 2.68. The molecule has 0 bridgehead atoms. The Balaban J connectivity index is 1.74. The highest BCUT2D eigenvalue weighted by atomic mass is 28.3. The number of hydrogen-bond acceptors (Lipinski definition) is 2. The van der Waals surface area contributed by atoms with E-state index in [1.54, 1.807) is 5.19 Å². The second kappa shape index (κ2) is 19.1. The second-order valence-corrected chi connectivity index (χ2v) is 30.6. The maximum absolute atomic E-state index is 2.68. The van der Waals surface area contributed by atoms with E-state index in [1.807, 2.05) is 0 Å². The first kappa shape index (κ1) is 51.0. The van der Waals surface area contributed by atoms with Crippen LogP contribution in [-0.2, 0) is 21.7 Å². The van der Waals surface area contributed by atoms with Gasteiger partial charge in [-0.25, -0.2) is 0 Å². The Morgan fingerprint density at radius 1 is 0.382 bits per heavy atom. The number of anilines is 6. The van der Waals surface area contributed by atoms with Gasteiger partial charge in [-0.1, -0.05) is 192 Å². The summed E-state index contributed by atoms with van der Waals surface area (Å²) in [4.78, 5) is 5.35. The highest BCUT2D eigenvalue weighted by molar-refractivity contribution is 6.73. The van der Waals surface area contributed by atoms with E-state index < -0.39 is 18.3 Å². The van der Waals surface area contributed by atoms with Gasteiger partial charge in [0.25, 0.3) is 0 Å². The van der Waals surface area contributed by atoms with Crippen LogP contribution in [0.1, 0.15) is 148 Å². The molecule has 2 nitrogen and oxygen atoms in total. The lowest BCUT2D eigenvalue weighted by Gasteiger charge is -2.36. The zero-order valence-corrected chi connectivity index (χ0v) is 48.3. The van der Waals surface area contributed by atoms with Gasteiger partial charge in [-0.05, 0) is 143 Å². The SMILES string of the molecule is CC[SiH2]c1cc(C)cc(N(c2cc(C(C)(C)C)cc(C(C)(C)C)c2)c2c3ccc(C)cc3c(N(c3cc(C)cc([SiH](CC)CC)c3)c3cc(C(C)(C)C)cc(C(C)(C)C)c3)c3ccc(C)cc23)c1. The highest BCUT2D eigenvalue weighted by Gasteiger charge is 2.31. The van der Waals surface area contributed by atoms with E-state index in [-0.39, 0.29) is 21.7 Å². The Hall–Kier alpha value is -4.91. The van der Waals surface area contributed by atoms with E-state index >= 15 is 0 Å². The van der Waals surface area contributed by atoms with E-state index in [0.717, 1.165) is 0 Å². The number of hydrogen-bond donors (Lipinski definition) is 0. The van der Waals surface area contributed by atoms with Crippen molar-refractivity contribution >= 4 is 84.4 Å². The highest BCUT2D eigenvalue weighted by Crippen LogP contribution is 2.53.